The number of benzene rings is 1. The van der Waals surface area contributed by atoms with Crippen LogP contribution in [0, 0.1) is 0 Å². The third kappa shape index (κ3) is 4.28. The van der Waals surface area contributed by atoms with Gasteiger partial charge in [0, 0.05) is 36.9 Å². The van der Waals surface area contributed by atoms with E-state index in [9.17, 15) is 9.59 Å². The zero-order valence-electron chi connectivity index (χ0n) is 14.4. The van der Waals surface area contributed by atoms with Crippen molar-refractivity contribution in [2.75, 3.05) is 23.3 Å². The minimum absolute atomic E-state index is 0.0133. The molecule has 24 heavy (non-hydrogen) atoms. The molecule has 0 unspecified atom stereocenters. The average Bonchev–Trinajstić information content (AvgIpc) is 3.22. The standard InChI is InChI=1S/C19H27N3O2/c1-2-3-6-18(23)20-15-9-10-17(22-11-4-5-12-22)16(13-15)19(24)21-14-7-8-14/h9-10,13-14H,2-8,11-12H2,1H3,(H,20,23)(H,21,24). The Morgan fingerprint density at radius 1 is 1.21 bits per heavy atom. The van der Waals surface area contributed by atoms with Gasteiger partial charge in [0.2, 0.25) is 5.91 Å². The molecule has 1 aliphatic heterocycles. The van der Waals surface area contributed by atoms with Gasteiger partial charge in [0.15, 0.2) is 0 Å². The fraction of sp³-hybridized carbons (Fsp3) is 0.579. The number of rotatable bonds is 7. The van der Waals surface area contributed by atoms with E-state index in [-0.39, 0.29) is 11.8 Å². The summed E-state index contributed by atoms with van der Waals surface area (Å²) < 4.78 is 0. The van der Waals surface area contributed by atoms with Gasteiger partial charge in [-0.05, 0) is 50.3 Å². The van der Waals surface area contributed by atoms with Gasteiger partial charge in [-0.3, -0.25) is 9.59 Å². The molecule has 3 rings (SSSR count). The summed E-state index contributed by atoms with van der Waals surface area (Å²) in [7, 11) is 0. The van der Waals surface area contributed by atoms with Gasteiger partial charge in [-0.1, -0.05) is 13.3 Å². The number of amides is 2. The molecule has 5 nitrogen and oxygen atoms in total. The first-order valence-corrected chi connectivity index (χ1v) is 9.17. The van der Waals surface area contributed by atoms with Gasteiger partial charge < -0.3 is 15.5 Å². The molecule has 5 heteroatoms. The first-order valence-electron chi connectivity index (χ1n) is 9.17. The van der Waals surface area contributed by atoms with Crippen molar-refractivity contribution in [1.29, 1.82) is 0 Å². The predicted octanol–water partition coefficient (Wildman–Crippen LogP) is 3.31. The maximum Gasteiger partial charge on any atom is 0.253 e. The first-order chi connectivity index (χ1) is 11.7. The number of hydrogen-bond acceptors (Lipinski definition) is 3. The molecule has 0 atom stereocenters. The second kappa shape index (κ2) is 7.69. The van der Waals surface area contributed by atoms with Gasteiger partial charge in [0.1, 0.15) is 0 Å². The van der Waals surface area contributed by atoms with Crippen molar-refractivity contribution in [2.45, 2.75) is 57.9 Å². The van der Waals surface area contributed by atoms with Crippen molar-refractivity contribution in [3.05, 3.63) is 23.8 Å². The molecule has 0 bridgehead atoms. The summed E-state index contributed by atoms with van der Waals surface area (Å²) in [6, 6.07) is 6.04. The van der Waals surface area contributed by atoms with Crippen LogP contribution in [0.5, 0.6) is 0 Å². The van der Waals surface area contributed by atoms with Crippen molar-refractivity contribution < 1.29 is 9.59 Å². The number of nitrogens with zero attached hydrogens (tertiary/aromatic N) is 1. The van der Waals surface area contributed by atoms with E-state index in [1.807, 2.05) is 18.2 Å². The summed E-state index contributed by atoms with van der Waals surface area (Å²) in [6.45, 7) is 4.05. The zero-order valence-corrected chi connectivity index (χ0v) is 14.4. The summed E-state index contributed by atoms with van der Waals surface area (Å²) in [5, 5.41) is 5.99. The molecule has 2 fully saturated rings. The van der Waals surface area contributed by atoms with Crippen LogP contribution in [0.4, 0.5) is 11.4 Å². The first kappa shape index (κ1) is 16.8. The molecule has 0 spiro atoms. The van der Waals surface area contributed by atoms with E-state index in [4.69, 9.17) is 0 Å². The summed E-state index contributed by atoms with van der Waals surface area (Å²) in [4.78, 5) is 26.9. The maximum atomic E-state index is 12.6. The molecule has 2 amide bonds. The SMILES string of the molecule is CCCCC(=O)Nc1ccc(N2CCCC2)c(C(=O)NC2CC2)c1. The van der Waals surface area contributed by atoms with Gasteiger partial charge >= 0.3 is 0 Å². The highest BCUT2D eigenvalue weighted by atomic mass is 16.2. The Bertz CT molecular complexity index is 605. The molecule has 1 aliphatic carbocycles. The third-order valence-corrected chi connectivity index (χ3v) is 4.64. The van der Waals surface area contributed by atoms with Gasteiger partial charge in [-0.2, -0.15) is 0 Å². The molecule has 1 saturated carbocycles. The Morgan fingerprint density at radius 2 is 1.96 bits per heavy atom. The van der Waals surface area contributed by atoms with E-state index in [1.165, 1.54) is 12.8 Å². The lowest BCUT2D eigenvalue weighted by molar-refractivity contribution is -0.116. The lowest BCUT2D eigenvalue weighted by Gasteiger charge is -2.22. The number of anilines is 2. The Labute approximate surface area is 143 Å². The molecule has 1 aromatic carbocycles. The highest BCUT2D eigenvalue weighted by Crippen LogP contribution is 2.29. The van der Waals surface area contributed by atoms with E-state index in [2.05, 4.69) is 22.5 Å². The van der Waals surface area contributed by atoms with Crippen molar-refractivity contribution in [1.82, 2.24) is 5.32 Å². The lowest BCUT2D eigenvalue weighted by Crippen LogP contribution is -2.29. The topological polar surface area (TPSA) is 61.4 Å². The van der Waals surface area contributed by atoms with Crippen LogP contribution in [0.3, 0.4) is 0 Å². The monoisotopic (exact) mass is 329 g/mol. The molecule has 2 aliphatic rings. The van der Waals surface area contributed by atoms with Crippen LogP contribution in [0.25, 0.3) is 0 Å². The van der Waals surface area contributed by atoms with Gasteiger partial charge in [-0.15, -0.1) is 0 Å². The van der Waals surface area contributed by atoms with Gasteiger partial charge in [-0.25, -0.2) is 0 Å². The molecule has 1 saturated heterocycles. The Morgan fingerprint density at radius 3 is 2.62 bits per heavy atom. The largest absolute Gasteiger partial charge is 0.371 e. The van der Waals surface area contributed by atoms with Crippen LogP contribution in [-0.2, 0) is 4.79 Å². The third-order valence-electron chi connectivity index (χ3n) is 4.64. The van der Waals surface area contributed by atoms with Crippen molar-refractivity contribution in [2.24, 2.45) is 0 Å². The van der Waals surface area contributed by atoms with Crippen molar-refractivity contribution in [3.63, 3.8) is 0 Å². The summed E-state index contributed by atoms with van der Waals surface area (Å²) >= 11 is 0. The molecule has 1 heterocycles. The molecular weight excluding hydrogens is 302 g/mol. The number of unbranched alkanes of at least 4 members (excludes halogenated alkanes) is 1. The minimum atomic E-state index is -0.0240. The second-order valence-corrected chi connectivity index (χ2v) is 6.83. The molecule has 1 aromatic rings. The Balaban J connectivity index is 1.78. The summed E-state index contributed by atoms with van der Waals surface area (Å²) in [5.41, 5.74) is 2.37. The van der Waals surface area contributed by atoms with Crippen molar-refractivity contribution in [3.8, 4) is 0 Å². The fourth-order valence-electron chi connectivity index (χ4n) is 3.08. The van der Waals surface area contributed by atoms with Crippen LogP contribution in [0.15, 0.2) is 18.2 Å². The molecule has 130 valence electrons. The van der Waals surface area contributed by atoms with Crippen molar-refractivity contribution >= 4 is 23.2 Å². The smallest absolute Gasteiger partial charge is 0.253 e. The van der Waals surface area contributed by atoms with E-state index in [0.717, 1.165) is 44.5 Å². The van der Waals surface area contributed by atoms with Crippen LogP contribution in [-0.4, -0.2) is 30.9 Å². The van der Waals surface area contributed by atoms with E-state index in [0.29, 0.717) is 23.7 Å². The quantitative estimate of drug-likeness (QED) is 0.807. The minimum Gasteiger partial charge on any atom is -0.371 e. The zero-order chi connectivity index (χ0) is 16.9. The number of carbonyl (C=O) groups is 2. The van der Waals surface area contributed by atoms with E-state index < -0.39 is 0 Å². The van der Waals surface area contributed by atoms with Gasteiger partial charge in [0.25, 0.3) is 5.91 Å². The van der Waals surface area contributed by atoms with E-state index >= 15 is 0 Å². The fourth-order valence-corrected chi connectivity index (χ4v) is 3.08. The Kier molecular flexibility index (Phi) is 5.38. The summed E-state index contributed by atoms with van der Waals surface area (Å²) in [5.74, 6) is -0.0108. The highest BCUT2D eigenvalue weighted by Gasteiger charge is 2.26. The number of nitrogens with one attached hydrogen (secondary N) is 2. The summed E-state index contributed by atoms with van der Waals surface area (Å²) in [6.07, 6.45) is 6.87. The number of hydrogen-bond donors (Lipinski definition) is 2. The van der Waals surface area contributed by atoms with Crippen LogP contribution in [0.1, 0.15) is 62.2 Å². The molecule has 0 aromatic heterocycles. The highest BCUT2D eigenvalue weighted by molar-refractivity contribution is 6.02. The predicted molar refractivity (Wildman–Crippen MR) is 96.5 cm³/mol. The molecular formula is C19H27N3O2. The van der Waals surface area contributed by atoms with E-state index in [1.54, 1.807) is 0 Å². The van der Waals surface area contributed by atoms with Crippen LogP contribution >= 0.6 is 0 Å². The average molecular weight is 329 g/mol. The second-order valence-electron chi connectivity index (χ2n) is 6.83. The van der Waals surface area contributed by atoms with Crippen LogP contribution in [0.2, 0.25) is 0 Å². The van der Waals surface area contributed by atoms with Crippen LogP contribution < -0.4 is 15.5 Å². The maximum absolute atomic E-state index is 12.6. The molecule has 2 N–H and O–H groups in total. The number of carbonyl (C=O) groups excluding carboxylic acids is 2. The molecule has 0 radical (unpaired) electrons. The van der Waals surface area contributed by atoms with Gasteiger partial charge in [0.05, 0.1) is 5.56 Å². The normalized spacial score (nSPS) is 17.0. The Hall–Kier alpha value is -2.04. The lowest BCUT2D eigenvalue weighted by atomic mass is 10.1.